The monoisotopic (exact) mass is 346 g/mol. The molecule has 1 N–H and O–H groups in total. The molecule has 0 aliphatic heterocycles. The lowest BCUT2D eigenvalue weighted by Gasteiger charge is -2.07. The molecule has 4 rings (SSSR count). The van der Waals surface area contributed by atoms with Crippen molar-refractivity contribution in [2.24, 2.45) is 0 Å². The maximum atomic E-state index is 12.5. The number of aromatic nitrogens is 3. The van der Waals surface area contributed by atoms with E-state index in [0.29, 0.717) is 12.1 Å². The summed E-state index contributed by atoms with van der Waals surface area (Å²) in [6.45, 7) is 4.55. The molecule has 2 aromatic heterocycles. The number of nitrogens with zero attached hydrogens (tertiary/aromatic N) is 3. The molecule has 1 amide bonds. The van der Waals surface area contributed by atoms with Crippen LogP contribution < -0.4 is 5.32 Å². The zero-order valence-corrected chi connectivity index (χ0v) is 14.9. The SMILES string of the molecule is CCn1c2ccccc2c2cc(C(=O)NCCCn3ccnc3)ccc21. The van der Waals surface area contributed by atoms with Crippen molar-refractivity contribution in [3.8, 4) is 0 Å². The van der Waals surface area contributed by atoms with E-state index >= 15 is 0 Å². The van der Waals surface area contributed by atoms with Gasteiger partial charge in [-0.3, -0.25) is 4.79 Å². The average molecular weight is 346 g/mol. The summed E-state index contributed by atoms with van der Waals surface area (Å²) in [5.74, 6) is -0.0224. The predicted octanol–water partition coefficient (Wildman–Crippen LogP) is 3.83. The minimum absolute atomic E-state index is 0.0224. The molecule has 0 fully saturated rings. The number of amides is 1. The van der Waals surface area contributed by atoms with Gasteiger partial charge < -0.3 is 14.5 Å². The number of fused-ring (bicyclic) bond motifs is 3. The van der Waals surface area contributed by atoms with Crippen molar-refractivity contribution in [2.75, 3.05) is 6.54 Å². The molecule has 0 aliphatic carbocycles. The van der Waals surface area contributed by atoms with Crippen LogP contribution in [0, 0.1) is 0 Å². The van der Waals surface area contributed by atoms with Gasteiger partial charge in [0.2, 0.25) is 0 Å². The van der Waals surface area contributed by atoms with Crippen molar-refractivity contribution < 1.29 is 4.79 Å². The summed E-state index contributed by atoms with van der Waals surface area (Å²) in [5, 5.41) is 5.34. The topological polar surface area (TPSA) is 51.9 Å². The van der Waals surface area contributed by atoms with Crippen LogP contribution in [-0.2, 0) is 13.1 Å². The number of hydrogen-bond acceptors (Lipinski definition) is 2. The van der Waals surface area contributed by atoms with Gasteiger partial charge in [-0.05, 0) is 37.6 Å². The van der Waals surface area contributed by atoms with Crippen LogP contribution in [0.4, 0.5) is 0 Å². The summed E-state index contributed by atoms with van der Waals surface area (Å²) in [6.07, 6.45) is 6.36. The summed E-state index contributed by atoms with van der Waals surface area (Å²) >= 11 is 0. The van der Waals surface area contributed by atoms with Crippen molar-refractivity contribution in [3.63, 3.8) is 0 Å². The number of imidazole rings is 1. The first-order valence-corrected chi connectivity index (χ1v) is 9.03. The van der Waals surface area contributed by atoms with Crippen LogP contribution in [0.15, 0.2) is 61.2 Å². The first kappa shape index (κ1) is 16.4. The van der Waals surface area contributed by atoms with Gasteiger partial charge in [-0.1, -0.05) is 18.2 Å². The molecule has 132 valence electrons. The van der Waals surface area contributed by atoms with Gasteiger partial charge in [0.15, 0.2) is 0 Å². The summed E-state index contributed by atoms with van der Waals surface area (Å²) in [4.78, 5) is 16.5. The number of benzene rings is 2. The van der Waals surface area contributed by atoms with E-state index in [1.54, 1.807) is 12.5 Å². The Morgan fingerprint density at radius 3 is 2.77 bits per heavy atom. The molecular weight excluding hydrogens is 324 g/mol. The van der Waals surface area contributed by atoms with Crippen molar-refractivity contribution in [2.45, 2.75) is 26.4 Å². The van der Waals surface area contributed by atoms with Crippen LogP contribution in [0.5, 0.6) is 0 Å². The Hall–Kier alpha value is -3.08. The standard InChI is InChI=1S/C21H22N4O/c1-2-25-19-7-4-3-6-17(19)18-14-16(8-9-20(18)25)21(26)23-10-5-12-24-13-11-22-15-24/h3-4,6-9,11,13-15H,2,5,10,12H2,1H3,(H,23,26). The maximum absolute atomic E-state index is 12.5. The second kappa shape index (κ2) is 7.04. The van der Waals surface area contributed by atoms with E-state index in [1.165, 1.54) is 16.4 Å². The molecule has 5 heteroatoms. The number of carbonyl (C=O) groups is 1. The first-order chi connectivity index (χ1) is 12.8. The largest absolute Gasteiger partial charge is 0.352 e. The minimum atomic E-state index is -0.0224. The smallest absolute Gasteiger partial charge is 0.251 e. The quantitative estimate of drug-likeness (QED) is 0.540. The number of rotatable bonds is 6. The summed E-state index contributed by atoms with van der Waals surface area (Å²) < 4.78 is 4.30. The second-order valence-electron chi connectivity index (χ2n) is 6.40. The number of aryl methyl sites for hydroxylation is 2. The highest BCUT2D eigenvalue weighted by molar-refractivity contribution is 6.10. The van der Waals surface area contributed by atoms with Gasteiger partial charge in [0.1, 0.15) is 0 Å². The Morgan fingerprint density at radius 2 is 1.96 bits per heavy atom. The third kappa shape index (κ3) is 2.96. The average Bonchev–Trinajstić information content (AvgIpc) is 3.30. The van der Waals surface area contributed by atoms with E-state index < -0.39 is 0 Å². The van der Waals surface area contributed by atoms with Crippen LogP contribution in [-0.4, -0.2) is 26.6 Å². The van der Waals surface area contributed by atoms with Gasteiger partial charge in [-0.15, -0.1) is 0 Å². The molecule has 0 atom stereocenters. The summed E-state index contributed by atoms with van der Waals surface area (Å²) in [7, 11) is 0. The molecule has 0 saturated heterocycles. The fourth-order valence-electron chi connectivity index (χ4n) is 3.52. The Kier molecular flexibility index (Phi) is 4.44. The lowest BCUT2D eigenvalue weighted by Crippen LogP contribution is -2.25. The van der Waals surface area contributed by atoms with E-state index in [9.17, 15) is 4.79 Å². The Labute approximate surface area is 152 Å². The van der Waals surface area contributed by atoms with Crippen LogP contribution in [0.3, 0.4) is 0 Å². The van der Waals surface area contributed by atoms with Gasteiger partial charge in [-0.2, -0.15) is 0 Å². The number of carbonyl (C=O) groups excluding carboxylic acids is 1. The molecule has 0 bridgehead atoms. The van der Waals surface area contributed by atoms with Crippen LogP contribution in [0.2, 0.25) is 0 Å². The molecule has 0 unspecified atom stereocenters. The van der Waals surface area contributed by atoms with Crippen molar-refractivity contribution in [1.82, 2.24) is 19.4 Å². The van der Waals surface area contributed by atoms with Crippen LogP contribution in [0.1, 0.15) is 23.7 Å². The highest BCUT2D eigenvalue weighted by Crippen LogP contribution is 2.29. The Morgan fingerprint density at radius 1 is 1.12 bits per heavy atom. The minimum Gasteiger partial charge on any atom is -0.352 e. The van der Waals surface area contributed by atoms with Gasteiger partial charge in [0, 0.05) is 59.4 Å². The van der Waals surface area contributed by atoms with E-state index in [4.69, 9.17) is 0 Å². The Balaban J connectivity index is 1.53. The predicted molar refractivity (Wildman–Crippen MR) is 104 cm³/mol. The van der Waals surface area contributed by atoms with E-state index in [2.05, 4.69) is 46.1 Å². The molecule has 26 heavy (non-hydrogen) atoms. The van der Waals surface area contributed by atoms with Gasteiger partial charge in [0.25, 0.3) is 5.91 Å². The molecule has 0 aliphatic rings. The lowest BCUT2D eigenvalue weighted by atomic mass is 10.1. The van der Waals surface area contributed by atoms with E-state index in [1.807, 2.05) is 29.0 Å². The van der Waals surface area contributed by atoms with E-state index in [-0.39, 0.29) is 5.91 Å². The summed E-state index contributed by atoms with van der Waals surface area (Å²) in [6, 6.07) is 14.3. The van der Waals surface area contributed by atoms with E-state index in [0.717, 1.165) is 24.9 Å². The normalized spacial score (nSPS) is 11.3. The van der Waals surface area contributed by atoms with Crippen LogP contribution >= 0.6 is 0 Å². The summed E-state index contributed by atoms with van der Waals surface area (Å²) in [5.41, 5.74) is 3.09. The molecule has 2 heterocycles. The fraction of sp³-hybridized carbons (Fsp3) is 0.238. The van der Waals surface area contributed by atoms with Crippen LogP contribution in [0.25, 0.3) is 21.8 Å². The molecule has 4 aromatic rings. The molecule has 2 aromatic carbocycles. The fourth-order valence-corrected chi connectivity index (χ4v) is 3.52. The van der Waals surface area contributed by atoms with Crippen molar-refractivity contribution in [3.05, 3.63) is 66.7 Å². The number of para-hydroxylation sites is 1. The highest BCUT2D eigenvalue weighted by atomic mass is 16.1. The molecule has 0 spiro atoms. The molecule has 0 saturated carbocycles. The lowest BCUT2D eigenvalue weighted by molar-refractivity contribution is 0.0953. The van der Waals surface area contributed by atoms with Gasteiger partial charge in [-0.25, -0.2) is 4.98 Å². The second-order valence-corrected chi connectivity index (χ2v) is 6.40. The zero-order chi connectivity index (χ0) is 17.9. The number of nitrogens with one attached hydrogen (secondary N) is 1. The number of hydrogen-bond donors (Lipinski definition) is 1. The van der Waals surface area contributed by atoms with Gasteiger partial charge in [0.05, 0.1) is 6.33 Å². The first-order valence-electron chi connectivity index (χ1n) is 9.03. The third-order valence-corrected chi connectivity index (χ3v) is 4.79. The highest BCUT2D eigenvalue weighted by Gasteiger charge is 2.12. The molecular formula is C21H22N4O. The zero-order valence-electron chi connectivity index (χ0n) is 14.9. The van der Waals surface area contributed by atoms with Crippen molar-refractivity contribution >= 4 is 27.7 Å². The molecule has 0 radical (unpaired) electrons. The molecule has 5 nitrogen and oxygen atoms in total. The van der Waals surface area contributed by atoms with Crippen molar-refractivity contribution in [1.29, 1.82) is 0 Å². The Bertz CT molecular complexity index is 1050. The van der Waals surface area contributed by atoms with Gasteiger partial charge >= 0.3 is 0 Å². The maximum Gasteiger partial charge on any atom is 0.251 e. The third-order valence-electron chi connectivity index (χ3n) is 4.79.